The molecule has 1 saturated carbocycles. The van der Waals surface area contributed by atoms with Crippen molar-refractivity contribution < 1.29 is 24.2 Å². The van der Waals surface area contributed by atoms with Gasteiger partial charge in [-0.3, -0.25) is 4.79 Å². The highest BCUT2D eigenvalue weighted by Crippen LogP contribution is 2.57. The zero-order chi connectivity index (χ0) is 18.5. The van der Waals surface area contributed by atoms with Crippen molar-refractivity contribution in [2.45, 2.75) is 38.3 Å². The Hall–Kier alpha value is -2.57. The molecule has 1 aliphatic carbocycles. The Morgan fingerprint density at radius 1 is 1.19 bits per heavy atom. The van der Waals surface area contributed by atoms with Crippen LogP contribution in [0.25, 0.3) is 0 Å². The summed E-state index contributed by atoms with van der Waals surface area (Å²) in [7, 11) is 0. The summed E-state index contributed by atoms with van der Waals surface area (Å²) < 4.78 is 5.48. The molecule has 3 aliphatic rings. The third-order valence-electron chi connectivity index (χ3n) is 6.12. The number of ether oxygens (including phenoxy) is 1. The molecule has 7 heteroatoms. The molecule has 1 aromatic carbocycles. The topological polar surface area (TPSA) is 87.2 Å². The Morgan fingerprint density at radius 2 is 1.88 bits per heavy atom. The van der Waals surface area contributed by atoms with Crippen LogP contribution in [0.15, 0.2) is 30.3 Å². The first kappa shape index (κ1) is 16.9. The highest BCUT2D eigenvalue weighted by molar-refractivity contribution is 5.96. The van der Waals surface area contributed by atoms with Gasteiger partial charge in [-0.25, -0.2) is 14.5 Å². The van der Waals surface area contributed by atoms with Crippen molar-refractivity contribution in [1.82, 2.24) is 9.80 Å². The van der Waals surface area contributed by atoms with Crippen LogP contribution in [-0.2, 0) is 9.53 Å². The summed E-state index contributed by atoms with van der Waals surface area (Å²) in [6.07, 6.45) is 0.348. The van der Waals surface area contributed by atoms with Gasteiger partial charge in [0.25, 0.3) is 0 Å². The average molecular weight is 358 g/mol. The van der Waals surface area contributed by atoms with E-state index in [1.807, 2.05) is 30.3 Å². The van der Waals surface area contributed by atoms with E-state index in [4.69, 9.17) is 4.74 Å². The lowest BCUT2D eigenvalue weighted by molar-refractivity contribution is -0.137. The minimum Gasteiger partial charge on any atom is -0.465 e. The summed E-state index contributed by atoms with van der Waals surface area (Å²) in [5.74, 6) is -0.777. The van der Waals surface area contributed by atoms with Crippen LogP contribution in [0.5, 0.6) is 0 Å². The van der Waals surface area contributed by atoms with Gasteiger partial charge in [-0.2, -0.15) is 0 Å². The molecular formula is C19H22N2O5. The number of benzene rings is 1. The Labute approximate surface area is 151 Å². The number of nitrogens with zero attached hydrogens (tertiary/aromatic N) is 2. The van der Waals surface area contributed by atoms with Crippen LogP contribution in [-0.4, -0.2) is 52.1 Å². The SMILES string of the molecule is C[C@@H]1[C@H](c2ccccc2)OC(=O)N1C(=O)[C@H]1CN(C(=O)O)CCC12CC2. The molecule has 1 spiro atoms. The molecule has 2 aliphatic heterocycles. The monoisotopic (exact) mass is 358 g/mol. The van der Waals surface area contributed by atoms with Gasteiger partial charge in [0.15, 0.2) is 0 Å². The predicted octanol–water partition coefficient (Wildman–Crippen LogP) is 2.88. The van der Waals surface area contributed by atoms with Crippen LogP contribution in [0.3, 0.4) is 0 Å². The van der Waals surface area contributed by atoms with Crippen LogP contribution in [0.1, 0.15) is 37.9 Å². The molecule has 4 rings (SSSR count). The van der Waals surface area contributed by atoms with E-state index in [9.17, 15) is 19.5 Å². The molecule has 0 unspecified atom stereocenters. The van der Waals surface area contributed by atoms with Crippen LogP contribution in [0.4, 0.5) is 9.59 Å². The number of piperidine rings is 1. The molecule has 138 valence electrons. The highest BCUT2D eigenvalue weighted by atomic mass is 16.6. The van der Waals surface area contributed by atoms with E-state index < -0.39 is 30.3 Å². The number of hydrogen-bond acceptors (Lipinski definition) is 4. The summed E-state index contributed by atoms with van der Waals surface area (Å²) >= 11 is 0. The fraction of sp³-hybridized carbons (Fsp3) is 0.526. The second-order valence-corrected chi connectivity index (χ2v) is 7.56. The zero-order valence-corrected chi connectivity index (χ0v) is 14.6. The highest BCUT2D eigenvalue weighted by Gasteiger charge is 2.58. The molecule has 0 radical (unpaired) electrons. The molecule has 2 saturated heterocycles. The molecule has 3 amide bonds. The van der Waals surface area contributed by atoms with Crippen molar-refractivity contribution in [3.05, 3.63) is 35.9 Å². The summed E-state index contributed by atoms with van der Waals surface area (Å²) in [6, 6.07) is 8.94. The molecule has 2 heterocycles. The number of carbonyl (C=O) groups is 3. The molecule has 7 nitrogen and oxygen atoms in total. The number of carbonyl (C=O) groups excluding carboxylic acids is 2. The molecule has 1 aromatic rings. The molecule has 3 atom stereocenters. The number of imide groups is 1. The lowest BCUT2D eigenvalue weighted by atomic mass is 9.81. The number of amides is 3. The minimum atomic E-state index is -1.02. The molecule has 26 heavy (non-hydrogen) atoms. The van der Waals surface area contributed by atoms with Crippen molar-refractivity contribution in [2.75, 3.05) is 13.1 Å². The molecule has 0 bridgehead atoms. The second-order valence-electron chi connectivity index (χ2n) is 7.56. The van der Waals surface area contributed by atoms with Gasteiger partial charge in [0.1, 0.15) is 6.10 Å². The summed E-state index contributed by atoms with van der Waals surface area (Å²) in [4.78, 5) is 39.5. The first-order valence-electron chi connectivity index (χ1n) is 8.99. The lowest BCUT2D eigenvalue weighted by Crippen LogP contribution is -2.52. The van der Waals surface area contributed by atoms with Crippen molar-refractivity contribution in [3.8, 4) is 0 Å². The van der Waals surface area contributed by atoms with Crippen LogP contribution in [0, 0.1) is 11.3 Å². The maximum Gasteiger partial charge on any atom is 0.417 e. The fourth-order valence-electron chi connectivity index (χ4n) is 4.32. The van der Waals surface area contributed by atoms with Crippen molar-refractivity contribution in [2.24, 2.45) is 11.3 Å². The van der Waals surface area contributed by atoms with E-state index in [1.54, 1.807) is 6.92 Å². The van der Waals surface area contributed by atoms with E-state index in [0.717, 1.165) is 18.4 Å². The molecular weight excluding hydrogens is 336 g/mol. The van der Waals surface area contributed by atoms with Gasteiger partial charge < -0.3 is 14.7 Å². The normalized spacial score (nSPS) is 29.6. The summed E-state index contributed by atoms with van der Waals surface area (Å²) in [5, 5.41) is 9.30. The first-order valence-corrected chi connectivity index (χ1v) is 8.99. The Morgan fingerprint density at radius 3 is 2.50 bits per heavy atom. The molecule has 3 fully saturated rings. The predicted molar refractivity (Wildman–Crippen MR) is 91.3 cm³/mol. The number of carboxylic acid groups (broad SMARTS) is 1. The van der Waals surface area contributed by atoms with Gasteiger partial charge in [-0.05, 0) is 37.2 Å². The van der Waals surface area contributed by atoms with Crippen molar-refractivity contribution in [3.63, 3.8) is 0 Å². The van der Waals surface area contributed by atoms with Gasteiger partial charge in [0, 0.05) is 13.1 Å². The number of rotatable bonds is 2. The fourth-order valence-corrected chi connectivity index (χ4v) is 4.32. The van der Waals surface area contributed by atoms with Gasteiger partial charge in [-0.1, -0.05) is 30.3 Å². The van der Waals surface area contributed by atoms with E-state index >= 15 is 0 Å². The van der Waals surface area contributed by atoms with Crippen LogP contribution >= 0.6 is 0 Å². The number of likely N-dealkylation sites (tertiary alicyclic amines) is 1. The standard InChI is InChI=1S/C19H22N2O5/c1-12-15(13-5-3-2-4-6-13)26-18(25)21(12)16(22)14-11-20(17(23)24)10-9-19(14)7-8-19/h2-6,12,14-15H,7-11H2,1H3,(H,23,24)/t12-,14-,15-/m1/s1. The van der Waals surface area contributed by atoms with Crippen molar-refractivity contribution in [1.29, 1.82) is 0 Å². The minimum absolute atomic E-state index is 0.145. The smallest absolute Gasteiger partial charge is 0.417 e. The summed E-state index contributed by atoms with van der Waals surface area (Å²) in [5.41, 5.74) is 0.703. The average Bonchev–Trinajstić information content (AvgIpc) is 3.33. The third-order valence-corrected chi connectivity index (χ3v) is 6.12. The maximum atomic E-state index is 13.2. The Bertz CT molecular complexity index is 746. The first-order chi connectivity index (χ1) is 12.4. The lowest BCUT2D eigenvalue weighted by Gasteiger charge is -2.38. The largest absolute Gasteiger partial charge is 0.465 e. The Balaban J connectivity index is 1.57. The van der Waals surface area contributed by atoms with Gasteiger partial charge in [0.05, 0.1) is 12.0 Å². The maximum absolute atomic E-state index is 13.2. The second kappa shape index (κ2) is 6.00. The summed E-state index contributed by atoms with van der Waals surface area (Å²) in [6.45, 7) is 2.41. The van der Waals surface area contributed by atoms with E-state index in [-0.39, 0.29) is 17.9 Å². The number of cyclic esters (lactones) is 1. The van der Waals surface area contributed by atoms with E-state index in [0.29, 0.717) is 13.0 Å². The number of hydrogen-bond donors (Lipinski definition) is 1. The van der Waals surface area contributed by atoms with E-state index in [2.05, 4.69) is 0 Å². The van der Waals surface area contributed by atoms with Crippen LogP contribution in [0.2, 0.25) is 0 Å². The zero-order valence-electron chi connectivity index (χ0n) is 14.6. The van der Waals surface area contributed by atoms with Gasteiger partial charge >= 0.3 is 12.2 Å². The van der Waals surface area contributed by atoms with Gasteiger partial charge in [-0.15, -0.1) is 0 Å². The third kappa shape index (κ3) is 2.62. The quantitative estimate of drug-likeness (QED) is 0.878. The molecule has 1 N–H and O–H groups in total. The van der Waals surface area contributed by atoms with Crippen molar-refractivity contribution >= 4 is 18.1 Å². The van der Waals surface area contributed by atoms with Gasteiger partial charge in [0.2, 0.25) is 5.91 Å². The Kier molecular flexibility index (Phi) is 3.89. The molecule has 0 aromatic heterocycles. The van der Waals surface area contributed by atoms with Crippen LogP contribution < -0.4 is 0 Å². The van der Waals surface area contributed by atoms with E-state index in [1.165, 1.54) is 9.80 Å².